The van der Waals surface area contributed by atoms with Gasteiger partial charge in [0, 0.05) is 29.4 Å². The Morgan fingerprint density at radius 1 is 1.67 bits per heavy atom. The van der Waals surface area contributed by atoms with Crippen LogP contribution in [0.1, 0.15) is 5.69 Å². The van der Waals surface area contributed by atoms with E-state index in [1.165, 1.54) is 18.3 Å². The van der Waals surface area contributed by atoms with Crippen molar-refractivity contribution in [1.29, 1.82) is 0 Å². The van der Waals surface area contributed by atoms with Crippen LogP contribution in [0, 0.1) is 10.1 Å². The monoisotopic (exact) mass is 230 g/mol. The Kier molecular flexibility index (Phi) is 3.16. The van der Waals surface area contributed by atoms with E-state index < -0.39 is 4.92 Å². The Morgan fingerprint density at radius 3 is 3.00 bits per heavy atom. The predicted octanol–water partition coefficient (Wildman–Crippen LogP) is 1.93. The molecule has 0 fully saturated rings. The minimum atomic E-state index is -0.417. The van der Waals surface area contributed by atoms with Crippen LogP contribution in [0.15, 0.2) is 18.3 Å². The molecule has 5 heteroatoms. The first-order valence-corrected chi connectivity index (χ1v) is 4.51. The molecule has 0 spiro atoms. The van der Waals surface area contributed by atoms with Crippen molar-refractivity contribution < 1.29 is 4.92 Å². The van der Waals surface area contributed by atoms with Crippen LogP contribution >= 0.6 is 15.9 Å². The first-order chi connectivity index (χ1) is 5.74. The molecule has 1 aromatic rings. The third-order valence-electron chi connectivity index (χ3n) is 1.36. The highest BCUT2D eigenvalue weighted by molar-refractivity contribution is 9.09. The first-order valence-electron chi connectivity index (χ1n) is 3.39. The lowest BCUT2D eigenvalue weighted by Gasteiger charge is -1.95. The minimum absolute atomic E-state index is 0.0981. The van der Waals surface area contributed by atoms with Crippen molar-refractivity contribution in [3.63, 3.8) is 0 Å². The van der Waals surface area contributed by atoms with Gasteiger partial charge in [-0.15, -0.1) is 0 Å². The lowest BCUT2D eigenvalue weighted by Crippen LogP contribution is -1.94. The highest BCUT2D eigenvalue weighted by atomic mass is 79.9. The molecule has 0 saturated carbocycles. The van der Waals surface area contributed by atoms with Crippen molar-refractivity contribution in [3.05, 3.63) is 34.1 Å². The van der Waals surface area contributed by atoms with Gasteiger partial charge in [-0.2, -0.15) is 0 Å². The van der Waals surface area contributed by atoms with E-state index in [1.54, 1.807) is 0 Å². The molecule has 4 nitrogen and oxygen atoms in total. The van der Waals surface area contributed by atoms with Crippen LogP contribution in [0.25, 0.3) is 0 Å². The number of pyridine rings is 1. The number of hydrogen-bond acceptors (Lipinski definition) is 3. The summed E-state index contributed by atoms with van der Waals surface area (Å²) in [5, 5.41) is 11.1. The zero-order valence-corrected chi connectivity index (χ0v) is 7.82. The van der Waals surface area contributed by atoms with E-state index in [0.717, 1.165) is 11.0 Å². The molecule has 12 heavy (non-hydrogen) atoms. The molecule has 0 radical (unpaired) electrons. The molecule has 1 aromatic heterocycles. The van der Waals surface area contributed by atoms with E-state index in [2.05, 4.69) is 20.9 Å². The fourth-order valence-electron chi connectivity index (χ4n) is 0.813. The SMILES string of the molecule is O=[N+]([O-])c1ccnc(CCBr)c1. The van der Waals surface area contributed by atoms with E-state index in [4.69, 9.17) is 0 Å². The molecule has 0 N–H and O–H groups in total. The third-order valence-corrected chi connectivity index (χ3v) is 1.76. The minimum Gasteiger partial charge on any atom is -0.261 e. The summed E-state index contributed by atoms with van der Waals surface area (Å²) >= 11 is 3.24. The number of nitro groups is 1. The second-order valence-corrected chi connectivity index (χ2v) is 2.99. The number of aryl methyl sites for hydroxylation is 1. The van der Waals surface area contributed by atoms with Crippen molar-refractivity contribution in [2.75, 3.05) is 5.33 Å². The average molecular weight is 231 g/mol. The molecule has 0 aromatic carbocycles. The molecule has 0 bridgehead atoms. The summed E-state index contributed by atoms with van der Waals surface area (Å²) in [6, 6.07) is 2.87. The van der Waals surface area contributed by atoms with Crippen LogP contribution in [0.2, 0.25) is 0 Å². The number of alkyl halides is 1. The maximum absolute atomic E-state index is 10.3. The fourth-order valence-corrected chi connectivity index (χ4v) is 1.22. The van der Waals surface area contributed by atoms with Crippen LogP contribution in [0.5, 0.6) is 0 Å². The van der Waals surface area contributed by atoms with E-state index in [9.17, 15) is 10.1 Å². The lowest BCUT2D eigenvalue weighted by atomic mass is 10.3. The van der Waals surface area contributed by atoms with Gasteiger partial charge in [0.15, 0.2) is 0 Å². The second kappa shape index (κ2) is 4.15. The molecule has 0 unspecified atom stereocenters. The second-order valence-electron chi connectivity index (χ2n) is 2.20. The van der Waals surface area contributed by atoms with Crippen molar-refractivity contribution in [2.24, 2.45) is 0 Å². The van der Waals surface area contributed by atoms with Crippen LogP contribution in [-0.2, 0) is 6.42 Å². The topological polar surface area (TPSA) is 56.0 Å². The van der Waals surface area contributed by atoms with Gasteiger partial charge in [0.1, 0.15) is 0 Å². The van der Waals surface area contributed by atoms with E-state index in [0.29, 0.717) is 6.42 Å². The van der Waals surface area contributed by atoms with Gasteiger partial charge in [-0.3, -0.25) is 15.1 Å². The zero-order valence-electron chi connectivity index (χ0n) is 6.24. The summed E-state index contributed by atoms with van der Waals surface area (Å²) in [5.41, 5.74) is 0.835. The van der Waals surface area contributed by atoms with E-state index >= 15 is 0 Å². The van der Waals surface area contributed by atoms with Gasteiger partial charge >= 0.3 is 0 Å². The van der Waals surface area contributed by atoms with Gasteiger partial charge in [0.25, 0.3) is 5.69 Å². The molecule has 0 amide bonds. The number of aromatic nitrogens is 1. The van der Waals surface area contributed by atoms with Gasteiger partial charge in [0.05, 0.1) is 4.92 Å². The average Bonchev–Trinajstić information content (AvgIpc) is 2.05. The van der Waals surface area contributed by atoms with Crippen LogP contribution in [-0.4, -0.2) is 15.2 Å². The number of halogens is 1. The largest absolute Gasteiger partial charge is 0.272 e. The highest BCUT2D eigenvalue weighted by Crippen LogP contribution is 2.11. The van der Waals surface area contributed by atoms with Gasteiger partial charge in [0.2, 0.25) is 0 Å². The van der Waals surface area contributed by atoms with E-state index in [1.807, 2.05) is 0 Å². The van der Waals surface area contributed by atoms with Crippen LogP contribution in [0.4, 0.5) is 5.69 Å². The number of rotatable bonds is 3. The van der Waals surface area contributed by atoms with Gasteiger partial charge < -0.3 is 0 Å². The predicted molar refractivity (Wildman–Crippen MR) is 48.4 cm³/mol. The quantitative estimate of drug-likeness (QED) is 0.453. The molecule has 0 aliphatic heterocycles. The zero-order chi connectivity index (χ0) is 8.97. The Hall–Kier alpha value is -0.970. The summed E-state index contributed by atoms with van der Waals surface area (Å²) in [6.07, 6.45) is 2.16. The van der Waals surface area contributed by atoms with Crippen LogP contribution in [0.3, 0.4) is 0 Å². The molecular formula is C7H7BrN2O2. The Morgan fingerprint density at radius 2 is 2.42 bits per heavy atom. The maximum Gasteiger partial charge on any atom is 0.272 e. The number of nitrogens with zero attached hydrogens (tertiary/aromatic N) is 2. The summed E-state index contributed by atoms with van der Waals surface area (Å²) in [5.74, 6) is 0. The summed E-state index contributed by atoms with van der Waals surface area (Å²) in [6.45, 7) is 0. The van der Waals surface area contributed by atoms with Gasteiger partial charge in [-0.1, -0.05) is 15.9 Å². The molecule has 1 heterocycles. The number of hydrogen-bond donors (Lipinski definition) is 0. The summed E-state index contributed by atoms with van der Waals surface area (Å²) < 4.78 is 0. The van der Waals surface area contributed by atoms with Crippen molar-refractivity contribution in [3.8, 4) is 0 Å². The van der Waals surface area contributed by atoms with E-state index in [-0.39, 0.29) is 5.69 Å². The molecule has 0 saturated heterocycles. The van der Waals surface area contributed by atoms with Crippen molar-refractivity contribution in [1.82, 2.24) is 4.98 Å². The van der Waals surface area contributed by atoms with Gasteiger partial charge in [-0.05, 0) is 6.42 Å². The molecule has 1 rings (SSSR count). The Bertz CT molecular complexity index is 290. The van der Waals surface area contributed by atoms with Crippen LogP contribution < -0.4 is 0 Å². The molecular weight excluding hydrogens is 224 g/mol. The Labute approximate surface area is 77.9 Å². The fraction of sp³-hybridized carbons (Fsp3) is 0.286. The molecule has 64 valence electrons. The smallest absolute Gasteiger partial charge is 0.261 e. The normalized spacial score (nSPS) is 9.75. The third kappa shape index (κ3) is 2.27. The lowest BCUT2D eigenvalue weighted by molar-refractivity contribution is -0.385. The summed E-state index contributed by atoms with van der Waals surface area (Å²) in [7, 11) is 0. The van der Waals surface area contributed by atoms with Crippen molar-refractivity contribution >= 4 is 21.6 Å². The van der Waals surface area contributed by atoms with Crippen molar-refractivity contribution in [2.45, 2.75) is 6.42 Å². The van der Waals surface area contributed by atoms with Gasteiger partial charge in [-0.25, -0.2) is 0 Å². The molecule has 0 aliphatic rings. The standard InChI is InChI=1S/C7H7BrN2O2/c8-3-1-6-5-7(10(11)12)2-4-9-6/h2,4-5H,1,3H2. The molecule has 0 atom stereocenters. The summed E-state index contributed by atoms with van der Waals surface area (Å²) in [4.78, 5) is 13.9. The first kappa shape index (κ1) is 9.12. The maximum atomic E-state index is 10.3. The molecule has 0 aliphatic carbocycles. The highest BCUT2D eigenvalue weighted by Gasteiger charge is 2.05. The Balaban J connectivity index is 2.88.